The van der Waals surface area contributed by atoms with Crippen molar-refractivity contribution < 1.29 is 0 Å². The molecule has 100 heavy (non-hydrogen) atoms. The van der Waals surface area contributed by atoms with E-state index in [4.69, 9.17) is 0 Å². The first kappa shape index (κ1) is 83.3. The Bertz CT molecular complexity index is 1730. The minimum Gasteiger partial charge on any atom is -0.0885 e. The van der Waals surface area contributed by atoms with Crippen LogP contribution in [0.5, 0.6) is 0 Å². The Morgan fingerprint density at radius 3 is 0.390 bits per heavy atom. The van der Waals surface area contributed by atoms with Gasteiger partial charge in [-0.2, -0.15) is 0 Å². The molecule has 578 valence electrons. The van der Waals surface area contributed by atoms with Crippen molar-refractivity contribution in [1.29, 1.82) is 0 Å². The highest BCUT2D eigenvalue weighted by Crippen LogP contribution is 2.54. The molecule has 0 N–H and O–H groups in total. The van der Waals surface area contributed by atoms with Crippen LogP contribution in [0.15, 0.2) is 36.5 Å². The van der Waals surface area contributed by atoms with E-state index >= 15 is 0 Å². The Kier molecular flexibility index (Phi) is 44.9. The Hall–Kier alpha value is -0.780. The number of rotatable bonds is 0. The molecular weight excluding hydrogens is 1200 g/mol. The second-order valence-electron chi connectivity index (χ2n) is 39.2. The molecule has 26 aliphatic carbocycles. The average molecular weight is 1380 g/mol. The number of fused-ring (bicyclic) bond motifs is 8. The van der Waals surface area contributed by atoms with E-state index in [1.807, 2.05) is 0 Å². The molecule has 0 aromatic heterocycles. The highest BCUT2D eigenvalue weighted by molar-refractivity contribution is 4.94. The van der Waals surface area contributed by atoms with Gasteiger partial charge in [0.15, 0.2) is 0 Å². The molecule has 2 atom stereocenters. The molecule has 26 rings (SSSR count). The van der Waals surface area contributed by atoms with Gasteiger partial charge >= 0.3 is 0 Å². The topological polar surface area (TPSA) is 0 Å². The normalized spacial score (nSPS) is 37.0. The minimum atomic E-state index is 1.15. The molecule has 0 aliphatic heterocycles. The Morgan fingerprint density at radius 1 is 0.100 bits per heavy atom. The number of allylic oxidation sites excluding steroid dienone is 6. The first-order valence-electron chi connectivity index (χ1n) is 48.6. The van der Waals surface area contributed by atoms with E-state index in [1.54, 1.807) is 205 Å². The van der Waals surface area contributed by atoms with Gasteiger partial charge in [-0.25, -0.2) is 0 Å². The van der Waals surface area contributed by atoms with Crippen LogP contribution in [0.2, 0.25) is 0 Å². The third kappa shape index (κ3) is 36.9. The zero-order valence-electron chi connectivity index (χ0n) is 67.9. The van der Waals surface area contributed by atoms with Crippen molar-refractivity contribution in [3.8, 4) is 0 Å². The lowest BCUT2D eigenvalue weighted by atomic mass is 9.56. The lowest BCUT2D eigenvalue weighted by Crippen LogP contribution is -2.38. The van der Waals surface area contributed by atoms with E-state index in [9.17, 15) is 0 Å². The molecule has 0 saturated heterocycles. The molecule has 0 aromatic rings. The van der Waals surface area contributed by atoms with Gasteiger partial charge in [0.05, 0.1) is 0 Å². The fourth-order valence-electron chi connectivity index (χ4n) is 23.4. The third-order valence-electron chi connectivity index (χ3n) is 30.6. The van der Waals surface area contributed by atoms with Crippen molar-refractivity contribution in [2.24, 2.45) is 94.7 Å². The highest BCUT2D eigenvalue weighted by atomic mass is 14.5. The predicted molar refractivity (Wildman–Crippen MR) is 443 cm³/mol. The van der Waals surface area contributed by atoms with Gasteiger partial charge in [0, 0.05) is 0 Å². The first-order valence-corrected chi connectivity index (χ1v) is 48.6. The quantitative estimate of drug-likeness (QED) is 0.168. The summed E-state index contributed by atoms with van der Waals surface area (Å²) in [5, 5.41) is 0. The summed E-state index contributed by atoms with van der Waals surface area (Å²) < 4.78 is 0. The van der Waals surface area contributed by atoms with Crippen LogP contribution in [0.25, 0.3) is 0 Å². The highest BCUT2D eigenvalue weighted by Gasteiger charge is 2.42. The van der Waals surface area contributed by atoms with Crippen LogP contribution in [-0.2, 0) is 0 Å². The van der Waals surface area contributed by atoms with E-state index in [-0.39, 0.29) is 0 Å². The van der Waals surface area contributed by atoms with Crippen molar-refractivity contribution in [2.45, 2.75) is 501 Å². The van der Waals surface area contributed by atoms with E-state index in [0.717, 1.165) is 23.7 Å². The Balaban J connectivity index is 0.000000126. The smallest absolute Gasteiger partial charge is 0.0348 e. The van der Waals surface area contributed by atoms with Crippen molar-refractivity contribution >= 4 is 0 Å². The molecule has 0 spiro atoms. The van der Waals surface area contributed by atoms with E-state index < -0.39 is 0 Å². The fourth-order valence-corrected chi connectivity index (χ4v) is 23.4. The standard InChI is InChI=1S/C10H16.C10H18.C9H16.2C8H14.C7H12.C7H14.C7H12.C6H12.C6H10.C5H8.C5H10.C5H8.C4H8.C3H6/c1-7-2-9-4-8(1)5-10(3-7)6-9;1-2-6-10-8-4-3-7-9(10)5-1;1-2-5-9-7-3-6-8(9)4-1;1-3-7-5-2-6-8(7)4-1;1-2-8-5-3-7(1)4-6-8;1-2-7-4-3-6(1)5-7;2*1-2-4-6-7-5-3-1;2*1-2-4-6-5-3-1;1-4-2-5(1)3-4;2*1-2-4-5-3-1;1-2-4-3-1;1-2-3-1/h7-10H,1-6H2;9-10H,1-8H2;8-9H,1-7H2;2*7-8H,1-6H2;6-7H,1-5H2;1-7H2;1-2H,3-7H2;1-6H2;1-2H,3-6H2;4-5H,1-3H2;1-5H2;1-2H,3-5H2;1-4H2;1-3H2. The lowest BCUT2D eigenvalue weighted by molar-refractivity contribution is 0.0197. The summed E-state index contributed by atoms with van der Waals surface area (Å²) in [5.74, 6) is 18.8. The molecule has 0 aromatic carbocycles. The van der Waals surface area contributed by atoms with Gasteiger partial charge in [-0.05, 0) is 230 Å². The van der Waals surface area contributed by atoms with Crippen LogP contribution in [0.3, 0.4) is 0 Å². The molecule has 0 radical (unpaired) electrons. The summed E-state index contributed by atoms with van der Waals surface area (Å²) in [4.78, 5) is 0. The second-order valence-corrected chi connectivity index (χ2v) is 39.2. The third-order valence-corrected chi connectivity index (χ3v) is 30.6. The van der Waals surface area contributed by atoms with Crippen LogP contribution < -0.4 is 0 Å². The van der Waals surface area contributed by atoms with Crippen molar-refractivity contribution in [3.63, 3.8) is 0 Å². The molecular formula is C100H178. The van der Waals surface area contributed by atoms with E-state index in [1.165, 1.54) is 366 Å². The van der Waals surface area contributed by atoms with E-state index in [0.29, 0.717) is 0 Å². The van der Waals surface area contributed by atoms with Crippen molar-refractivity contribution in [1.82, 2.24) is 0 Å². The van der Waals surface area contributed by atoms with Crippen LogP contribution in [0, 0.1) is 94.7 Å². The predicted octanol–water partition coefficient (Wildman–Crippen LogP) is 34.1. The van der Waals surface area contributed by atoms with Crippen LogP contribution >= 0.6 is 0 Å². The van der Waals surface area contributed by atoms with Gasteiger partial charge in [-0.3, -0.25) is 0 Å². The van der Waals surface area contributed by atoms with Gasteiger partial charge in [-0.1, -0.05) is 402 Å². The number of hydrogen-bond acceptors (Lipinski definition) is 0. The van der Waals surface area contributed by atoms with Gasteiger partial charge in [0.2, 0.25) is 0 Å². The molecule has 0 heteroatoms. The molecule has 10 bridgehead atoms. The molecule has 0 nitrogen and oxygen atoms in total. The Morgan fingerprint density at radius 2 is 0.240 bits per heavy atom. The van der Waals surface area contributed by atoms with Gasteiger partial charge in [0.25, 0.3) is 0 Å². The van der Waals surface area contributed by atoms with Crippen molar-refractivity contribution in [2.75, 3.05) is 0 Å². The average Bonchev–Trinajstić information content (AvgIpc) is 1.13. The fraction of sp³-hybridized carbons (Fsp3) is 0.940. The molecule has 0 heterocycles. The van der Waals surface area contributed by atoms with Crippen molar-refractivity contribution in [3.05, 3.63) is 36.5 Å². The molecule has 26 aliphatic rings. The summed E-state index contributed by atoms with van der Waals surface area (Å²) in [7, 11) is 0. The van der Waals surface area contributed by atoms with E-state index in [2.05, 4.69) is 36.5 Å². The first-order chi connectivity index (χ1) is 49.6. The summed E-state index contributed by atoms with van der Waals surface area (Å²) in [6.07, 6.45) is 132. The minimum absolute atomic E-state index is 1.15. The lowest BCUT2D eigenvalue weighted by Gasteiger charge is -2.49. The Labute approximate surface area is 628 Å². The molecule has 0 amide bonds. The molecule has 23 saturated carbocycles. The molecule has 23 fully saturated rings. The summed E-state index contributed by atoms with van der Waals surface area (Å²) >= 11 is 0. The summed E-state index contributed by atoms with van der Waals surface area (Å²) in [6.45, 7) is 0. The number of hydrogen-bond donors (Lipinski definition) is 0. The maximum atomic E-state index is 2.30. The monoisotopic (exact) mass is 1380 g/mol. The van der Waals surface area contributed by atoms with Crippen LogP contribution in [-0.4, -0.2) is 0 Å². The second kappa shape index (κ2) is 53.9. The SMILES string of the molecule is C1=CCCC1.C1=CCCCC1.C1=CCCCCC1.C1C2CC1C2.C1C2CC3CC1CC(C2)C3.C1CC1.C1CC2CCC1C2.C1CC2CCC1CC2.C1CC2CCCC2C1.C1CCC1.C1CCC2CCCC2C1.C1CCC2CCCCC2C1.C1CCCC1.C1CCCCC1.C1CCCCCC1. The largest absolute Gasteiger partial charge is 0.0885 e. The van der Waals surface area contributed by atoms with Gasteiger partial charge < -0.3 is 0 Å². The van der Waals surface area contributed by atoms with Crippen LogP contribution in [0.4, 0.5) is 0 Å². The maximum Gasteiger partial charge on any atom is -0.0348 e. The van der Waals surface area contributed by atoms with Gasteiger partial charge in [-0.15, -0.1) is 0 Å². The summed E-state index contributed by atoms with van der Waals surface area (Å²) in [5.41, 5.74) is 0. The maximum absolute atomic E-state index is 2.30. The van der Waals surface area contributed by atoms with Crippen LogP contribution in [0.1, 0.15) is 501 Å². The zero-order chi connectivity index (χ0) is 68.6. The molecule has 2 unspecified atom stereocenters. The zero-order valence-corrected chi connectivity index (χ0v) is 67.9. The summed E-state index contributed by atoms with van der Waals surface area (Å²) in [6, 6.07) is 0. The van der Waals surface area contributed by atoms with Gasteiger partial charge in [0.1, 0.15) is 0 Å².